The van der Waals surface area contributed by atoms with E-state index in [9.17, 15) is 0 Å². The standard InChI is InChI=1S/C15H20ClN3/c1-4-13-15(16)14(19(3)18-13)9-12(17)11-8-6-5-7-10(11)2/h5-8,12H,4,9,17H2,1-3H3. The van der Waals surface area contributed by atoms with Crippen LogP contribution in [0.25, 0.3) is 0 Å². The molecule has 0 saturated carbocycles. The number of nitrogens with zero attached hydrogens (tertiary/aromatic N) is 2. The highest BCUT2D eigenvalue weighted by Gasteiger charge is 2.17. The lowest BCUT2D eigenvalue weighted by Gasteiger charge is -2.15. The first-order valence-corrected chi connectivity index (χ1v) is 6.93. The molecule has 3 nitrogen and oxygen atoms in total. The molecule has 2 rings (SSSR count). The lowest BCUT2D eigenvalue weighted by atomic mass is 9.98. The molecule has 1 heterocycles. The van der Waals surface area contributed by atoms with E-state index in [-0.39, 0.29) is 6.04 Å². The van der Waals surface area contributed by atoms with Crippen molar-refractivity contribution >= 4 is 11.6 Å². The Labute approximate surface area is 119 Å². The third kappa shape index (κ3) is 2.82. The molecule has 0 fully saturated rings. The molecule has 1 aromatic heterocycles. The predicted octanol–water partition coefficient (Wildman–Crippen LogP) is 3.19. The summed E-state index contributed by atoms with van der Waals surface area (Å²) in [4.78, 5) is 0. The Morgan fingerprint density at radius 1 is 1.37 bits per heavy atom. The first-order chi connectivity index (χ1) is 9.04. The molecule has 0 spiro atoms. The van der Waals surface area contributed by atoms with Crippen LogP contribution in [0.5, 0.6) is 0 Å². The van der Waals surface area contributed by atoms with Gasteiger partial charge in [0.25, 0.3) is 0 Å². The van der Waals surface area contributed by atoms with E-state index in [0.717, 1.165) is 28.4 Å². The van der Waals surface area contributed by atoms with Gasteiger partial charge in [0.2, 0.25) is 0 Å². The monoisotopic (exact) mass is 277 g/mol. The minimum atomic E-state index is -0.0567. The minimum absolute atomic E-state index is 0.0567. The second-order valence-electron chi connectivity index (χ2n) is 4.85. The summed E-state index contributed by atoms with van der Waals surface area (Å²) < 4.78 is 1.85. The zero-order chi connectivity index (χ0) is 14.0. The van der Waals surface area contributed by atoms with E-state index >= 15 is 0 Å². The summed E-state index contributed by atoms with van der Waals surface area (Å²) >= 11 is 6.36. The van der Waals surface area contributed by atoms with Crippen LogP contribution in [0.1, 0.15) is 35.5 Å². The second kappa shape index (κ2) is 5.76. The number of nitrogens with two attached hydrogens (primary N) is 1. The molecule has 1 aromatic carbocycles. The lowest BCUT2D eigenvalue weighted by molar-refractivity contribution is 0.636. The largest absolute Gasteiger partial charge is 0.324 e. The van der Waals surface area contributed by atoms with Gasteiger partial charge in [-0.1, -0.05) is 42.8 Å². The Morgan fingerprint density at radius 2 is 2.05 bits per heavy atom. The van der Waals surface area contributed by atoms with Crippen LogP contribution in [0.2, 0.25) is 5.02 Å². The van der Waals surface area contributed by atoms with Gasteiger partial charge < -0.3 is 5.73 Å². The maximum absolute atomic E-state index is 6.36. The van der Waals surface area contributed by atoms with E-state index < -0.39 is 0 Å². The Balaban J connectivity index is 2.27. The maximum Gasteiger partial charge on any atom is 0.0850 e. The average molecular weight is 278 g/mol. The van der Waals surface area contributed by atoms with Gasteiger partial charge in [0.15, 0.2) is 0 Å². The fraction of sp³-hybridized carbons (Fsp3) is 0.400. The van der Waals surface area contributed by atoms with Crippen molar-refractivity contribution in [1.29, 1.82) is 0 Å². The summed E-state index contributed by atoms with van der Waals surface area (Å²) in [5.74, 6) is 0. The summed E-state index contributed by atoms with van der Waals surface area (Å²) in [5, 5.41) is 5.19. The van der Waals surface area contributed by atoms with Crippen LogP contribution < -0.4 is 5.73 Å². The van der Waals surface area contributed by atoms with Gasteiger partial charge in [0.1, 0.15) is 0 Å². The number of aryl methyl sites for hydroxylation is 3. The number of halogens is 1. The van der Waals surface area contributed by atoms with Crippen molar-refractivity contribution in [2.75, 3.05) is 0 Å². The van der Waals surface area contributed by atoms with Gasteiger partial charge >= 0.3 is 0 Å². The number of hydrogen-bond donors (Lipinski definition) is 1. The molecule has 2 N–H and O–H groups in total. The molecule has 19 heavy (non-hydrogen) atoms. The lowest BCUT2D eigenvalue weighted by Crippen LogP contribution is -2.16. The molecule has 1 atom stereocenters. The summed E-state index contributed by atoms with van der Waals surface area (Å²) in [5.41, 5.74) is 10.6. The highest BCUT2D eigenvalue weighted by Crippen LogP contribution is 2.26. The molecule has 0 amide bonds. The molecule has 102 valence electrons. The third-order valence-electron chi connectivity index (χ3n) is 3.50. The van der Waals surface area contributed by atoms with Crippen molar-refractivity contribution in [1.82, 2.24) is 9.78 Å². The van der Waals surface area contributed by atoms with Crippen molar-refractivity contribution < 1.29 is 0 Å². The molecule has 0 saturated heterocycles. The zero-order valence-electron chi connectivity index (χ0n) is 11.7. The Bertz CT molecular complexity index is 575. The molecule has 1 unspecified atom stereocenters. The molecule has 0 aliphatic rings. The fourth-order valence-corrected chi connectivity index (χ4v) is 2.73. The van der Waals surface area contributed by atoms with Gasteiger partial charge in [0.05, 0.1) is 16.4 Å². The summed E-state index contributed by atoms with van der Waals surface area (Å²) in [6, 6.07) is 8.14. The molecule has 0 aliphatic heterocycles. The van der Waals surface area contributed by atoms with Gasteiger partial charge in [-0.3, -0.25) is 4.68 Å². The van der Waals surface area contributed by atoms with Gasteiger partial charge in [0, 0.05) is 19.5 Å². The number of rotatable bonds is 4. The highest BCUT2D eigenvalue weighted by atomic mass is 35.5. The quantitative estimate of drug-likeness (QED) is 0.933. The fourth-order valence-electron chi connectivity index (χ4n) is 2.36. The molecule has 2 aromatic rings. The van der Waals surface area contributed by atoms with Crippen molar-refractivity contribution in [3.8, 4) is 0 Å². The van der Waals surface area contributed by atoms with Crippen LogP contribution in [-0.4, -0.2) is 9.78 Å². The molecule has 0 bridgehead atoms. The van der Waals surface area contributed by atoms with E-state index in [0.29, 0.717) is 6.42 Å². The van der Waals surface area contributed by atoms with Crippen LogP contribution in [0.3, 0.4) is 0 Å². The molecule has 4 heteroatoms. The average Bonchev–Trinajstić information content (AvgIpc) is 2.66. The molecule has 0 radical (unpaired) electrons. The van der Waals surface area contributed by atoms with Gasteiger partial charge in [-0.15, -0.1) is 0 Å². The van der Waals surface area contributed by atoms with Crippen molar-refractivity contribution in [2.45, 2.75) is 32.7 Å². The normalized spacial score (nSPS) is 12.7. The van der Waals surface area contributed by atoms with Gasteiger partial charge in [-0.05, 0) is 24.5 Å². The second-order valence-corrected chi connectivity index (χ2v) is 5.23. The van der Waals surface area contributed by atoms with Gasteiger partial charge in [-0.2, -0.15) is 5.10 Å². The van der Waals surface area contributed by atoms with E-state index in [1.54, 1.807) is 0 Å². The summed E-state index contributed by atoms with van der Waals surface area (Å²) in [6.45, 7) is 4.14. The maximum atomic E-state index is 6.36. The Morgan fingerprint density at radius 3 is 2.63 bits per heavy atom. The zero-order valence-corrected chi connectivity index (χ0v) is 12.4. The van der Waals surface area contributed by atoms with E-state index in [1.165, 1.54) is 5.56 Å². The topological polar surface area (TPSA) is 43.8 Å². The van der Waals surface area contributed by atoms with E-state index in [4.69, 9.17) is 17.3 Å². The summed E-state index contributed by atoms with van der Waals surface area (Å²) in [6.07, 6.45) is 1.54. The minimum Gasteiger partial charge on any atom is -0.324 e. The van der Waals surface area contributed by atoms with E-state index in [1.807, 2.05) is 23.9 Å². The van der Waals surface area contributed by atoms with Crippen LogP contribution in [0.15, 0.2) is 24.3 Å². The number of benzene rings is 1. The van der Waals surface area contributed by atoms with Crippen LogP contribution in [0.4, 0.5) is 0 Å². The molecule has 0 aliphatic carbocycles. The first kappa shape index (κ1) is 14.1. The molecular weight excluding hydrogens is 258 g/mol. The van der Waals surface area contributed by atoms with Crippen LogP contribution in [-0.2, 0) is 19.9 Å². The van der Waals surface area contributed by atoms with Crippen molar-refractivity contribution in [2.24, 2.45) is 12.8 Å². The number of aromatic nitrogens is 2. The van der Waals surface area contributed by atoms with Gasteiger partial charge in [-0.25, -0.2) is 0 Å². The Hall–Kier alpha value is -1.32. The smallest absolute Gasteiger partial charge is 0.0850 e. The third-order valence-corrected chi connectivity index (χ3v) is 3.94. The van der Waals surface area contributed by atoms with Crippen LogP contribution >= 0.6 is 11.6 Å². The number of hydrogen-bond acceptors (Lipinski definition) is 2. The summed E-state index contributed by atoms with van der Waals surface area (Å²) in [7, 11) is 1.92. The highest BCUT2D eigenvalue weighted by molar-refractivity contribution is 6.31. The SMILES string of the molecule is CCc1nn(C)c(CC(N)c2ccccc2C)c1Cl. The van der Waals surface area contributed by atoms with Crippen molar-refractivity contribution in [3.05, 3.63) is 51.8 Å². The first-order valence-electron chi connectivity index (χ1n) is 6.56. The van der Waals surface area contributed by atoms with Crippen molar-refractivity contribution in [3.63, 3.8) is 0 Å². The predicted molar refractivity (Wildman–Crippen MR) is 79.4 cm³/mol. The Kier molecular flexibility index (Phi) is 4.27. The van der Waals surface area contributed by atoms with E-state index in [2.05, 4.69) is 31.1 Å². The molecular formula is C15H20ClN3. The van der Waals surface area contributed by atoms with Crippen LogP contribution in [0, 0.1) is 6.92 Å².